The summed E-state index contributed by atoms with van der Waals surface area (Å²) in [5.74, 6) is 1.16. The van der Waals surface area contributed by atoms with Gasteiger partial charge < -0.3 is 0 Å². The highest BCUT2D eigenvalue weighted by atomic mass is 19.2. The molecule has 4 rings (SSSR count). The van der Waals surface area contributed by atoms with Crippen LogP contribution in [0.2, 0.25) is 0 Å². The Labute approximate surface area is 200 Å². The molecule has 7 atom stereocenters. The van der Waals surface area contributed by atoms with Crippen LogP contribution < -0.4 is 0 Å². The number of allylic oxidation sites excluding steroid dienone is 4. The summed E-state index contributed by atoms with van der Waals surface area (Å²) in [5.41, 5.74) is 0. The monoisotopic (exact) mass is 464 g/mol. The summed E-state index contributed by atoms with van der Waals surface area (Å²) in [4.78, 5) is 0. The van der Waals surface area contributed by atoms with Gasteiger partial charge in [0.05, 0.1) is 0 Å². The molecule has 0 bridgehead atoms. The third-order valence-electron chi connectivity index (χ3n) is 10.1. The number of unbranched alkanes of at least 4 members (excludes halogenated alkanes) is 1. The zero-order valence-electron chi connectivity index (χ0n) is 21.1. The van der Waals surface area contributed by atoms with E-state index in [2.05, 4.69) is 26.0 Å². The molecule has 2 saturated carbocycles. The fraction of sp³-hybridized carbons (Fsp3) is 0.867. The van der Waals surface area contributed by atoms with E-state index in [0.717, 1.165) is 89.9 Å². The zero-order valence-corrected chi connectivity index (χ0v) is 21.1. The summed E-state index contributed by atoms with van der Waals surface area (Å²) in [6.45, 7) is 4.38. The third-order valence-corrected chi connectivity index (χ3v) is 10.1. The van der Waals surface area contributed by atoms with Crippen LogP contribution in [0, 0.1) is 47.3 Å². The first kappa shape index (κ1) is 25.4. The first-order chi connectivity index (χ1) is 16.0. The summed E-state index contributed by atoms with van der Waals surface area (Å²) in [5, 5.41) is 0. The fourth-order valence-electron chi connectivity index (χ4n) is 7.83. The fourth-order valence-corrected chi connectivity index (χ4v) is 7.83. The maximum Gasteiger partial charge on any atom is 0.135 e. The molecule has 0 spiro atoms. The Hall–Kier alpha value is -0.730. The summed E-state index contributed by atoms with van der Waals surface area (Å²) in [6.07, 6.45) is 19.1. The highest BCUT2D eigenvalue weighted by molar-refractivity contribution is 5.17. The van der Waals surface area contributed by atoms with Gasteiger partial charge in [0.15, 0.2) is 0 Å². The smallest absolute Gasteiger partial charge is 0.135 e. The number of hydrogen-bond donors (Lipinski definition) is 0. The lowest BCUT2D eigenvalue weighted by molar-refractivity contribution is 0.0636. The van der Waals surface area contributed by atoms with E-state index in [1.807, 2.05) is 0 Å². The van der Waals surface area contributed by atoms with E-state index < -0.39 is 17.8 Å². The average molecular weight is 465 g/mol. The van der Waals surface area contributed by atoms with Crippen LogP contribution in [0.15, 0.2) is 23.8 Å². The lowest BCUT2D eigenvalue weighted by Crippen LogP contribution is -2.34. The first-order valence-corrected chi connectivity index (χ1v) is 14.4. The quantitative estimate of drug-likeness (QED) is 0.329. The molecule has 4 aliphatic carbocycles. The Kier molecular flexibility index (Phi) is 9.07. The molecular weight excluding hydrogens is 417 g/mol. The lowest BCUT2D eigenvalue weighted by Gasteiger charge is -2.42. The predicted octanol–water partition coefficient (Wildman–Crippen LogP) is 9.91. The molecule has 0 aromatic carbocycles. The van der Waals surface area contributed by atoms with Crippen LogP contribution in [0.3, 0.4) is 0 Å². The van der Waals surface area contributed by atoms with Crippen molar-refractivity contribution in [3.8, 4) is 0 Å². The minimum atomic E-state index is -0.626. The number of halogens is 3. The second kappa shape index (κ2) is 11.8. The maximum atomic E-state index is 15.3. The van der Waals surface area contributed by atoms with Crippen molar-refractivity contribution in [2.45, 2.75) is 116 Å². The normalized spacial score (nSPS) is 42.5. The van der Waals surface area contributed by atoms with Gasteiger partial charge in [-0.25, -0.2) is 13.2 Å². The van der Waals surface area contributed by atoms with Gasteiger partial charge in [0.1, 0.15) is 17.8 Å². The van der Waals surface area contributed by atoms with Crippen LogP contribution in [-0.4, -0.2) is 6.17 Å². The molecule has 3 heteroatoms. The van der Waals surface area contributed by atoms with Crippen molar-refractivity contribution in [2.75, 3.05) is 0 Å². The molecule has 0 heterocycles. The van der Waals surface area contributed by atoms with E-state index in [1.165, 1.54) is 6.42 Å². The van der Waals surface area contributed by atoms with Gasteiger partial charge in [-0.3, -0.25) is 0 Å². The van der Waals surface area contributed by atoms with Gasteiger partial charge in [-0.15, -0.1) is 0 Å². The van der Waals surface area contributed by atoms with E-state index >= 15 is 8.78 Å². The topological polar surface area (TPSA) is 0 Å². The molecule has 0 N–H and O–H groups in total. The highest BCUT2D eigenvalue weighted by Crippen LogP contribution is 2.50. The molecule has 188 valence electrons. The molecule has 0 aromatic rings. The SMILES string of the molecule is CCCC[C@H]1CC[C@@H](C2CCC([C@H]3CC[C@@H]([C@@H]4C=CC(CC)CC4)C(F)=C3F)CC2)CC1F. The molecule has 0 saturated heterocycles. The molecule has 2 fully saturated rings. The van der Waals surface area contributed by atoms with Crippen LogP contribution in [0.4, 0.5) is 13.2 Å². The van der Waals surface area contributed by atoms with Gasteiger partial charge in [0.25, 0.3) is 0 Å². The van der Waals surface area contributed by atoms with E-state index in [1.54, 1.807) is 0 Å². The molecule has 0 radical (unpaired) electrons. The molecule has 4 aliphatic rings. The van der Waals surface area contributed by atoms with E-state index in [4.69, 9.17) is 0 Å². The second-order valence-corrected chi connectivity index (χ2v) is 11.9. The Morgan fingerprint density at radius 2 is 1.39 bits per heavy atom. The van der Waals surface area contributed by atoms with Crippen LogP contribution in [0.1, 0.15) is 110 Å². The van der Waals surface area contributed by atoms with Gasteiger partial charge in [0, 0.05) is 11.8 Å². The zero-order chi connectivity index (χ0) is 23.4. The Morgan fingerprint density at radius 1 is 0.727 bits per heavy atom. The largest absolute Gasteiger partial charge is 0.247 e. The van der Waals surface area contributed by atoms with Gasteiger partial charge in [-0.05, 0) is 119 Å². The second-order valence-electron chi connectivity index (χ2n) is 11.9. The first-order valence-electron chi connectivity index (χ1n) is 14.4. The van der Waals surface area contributed by atoms with Gasteiger partial charge in [-0.1, -0.05) is 38.8 Å². The minimum Gasteiger partial charge on any atom is -0.247 e. The molecule has 2 unspecified atom stereocenters. The number of rotatable bonds is 7. The summed E-state index contributed by atoms with van der Waals surface area (Å²) in [6, 6.07) is 0. The Balaban J connectivity index is 1.28. The van der Waals surface area contributed by atoms with Crippen LogP contribution in [0.25, 0.3) is 0 Å². The van der Waals surface area contributed by atoms with Crippen LogP contribution in [-0.2, 0) is 0 Å². The number of alkyl halides is 1. The Morgan fingerprint density at radius 3 is 2.03 bits per heavy atom. The van der Waals surface area contributed by atoms with Crippen molar-refractivity contribution in [3.05, 3.63) is 23.8 Å². The molecular formula is C30H47F3. The standard InChI is InChI=1S/C30H47F3/c1-3-5-6-24-15-16-25(19-28(24)31)21-11-13-23(14-12-21)27-18-17-26(29(32)30(27)33)22-9-7-20(4-2)8-10-22/h7,9,20-28H,3-6,8,10-19H2,1-2H3/t20?,21?,22-,23?,24+,25-,26+,27-,28?/m1/s1. The van der Waals surface area contributed by atoms with Gasteiger partial charge in [0.2, 0.25) is 0 Å². The summed E-state index contributed by atoms with van der Waals surface area (Å²) >= 11 is 0. The molecule has 0 aromatic heterocycles. The van der Waals surface area contributed by atoms with Crippen molar-refractivity contribution in [2.24, 2.45) is 47.3 Å². The molecule has 0 nitrogen and oxygen atoms in total. The summed E-state index contributed by atoms with van der Waals surface area (Å²) in [7, 11) is 0. The van der Waals surface area contributed by atoms with E-state index in [9.17, 15) is 4.39 Å². The predicted molar refractivity (Wildman–Crippen MR) is 132 cm³/mol. The van der Waals surface area contributed by atoms with Gasteiger partial charge >= 0.3 is 0 Å². The van der Waals surface area contributed by atoms with Crippen LogP contribution in [0.5, 0.6) is 0 Å². The van der Waals surface area contributed by atoms with Crippen molar-refractivity contribution >= 4 is 0 Å². The minimum absolute atomic E-state index is 0.177. The van der Waals surface area contributed by atoms with E-state index in [-0.39, 0.29) is 29.6 Å². The van der Waals surface area contributed by atoms with Crippen LogP contribution >= 0.6 is 0 Å². The highest BCUT2D eigenvalue weighted by Gasteiger charge is 2.41. The van der Waals surface area contributed by atoms with E-state index in [0.29, 0.717) is 17.8 Å². The molecule has 0 amide bonds. The Bertz CT molecular complexity index is 674. The van der Waals surface area contributed by atoms with Crippen molar-refractivity contribution < 1.29 is 13.2 Å². The van der Waals surface area contributed by atoms with Gasteiger partial charge in [-0.2, -0.15) is 0 Å². The number of hydrogen-bond acceptors (Lipinski definition) is 0. The molecule has 33 heavy (non-hydrogen) atoms. The third kappa shape index (κ3) is 5.92. The van der Waals surface area contributed by atoms with Crippen molar-refractivity contribution in [1.29, 1.82) is 0 Å². The van der Waals surface area contributed by atoms with Crippen molar-refractivity contribution in [1.82, 2.24) is 0 Å². The maximum absolute atomic E-state index is 15.3. The molecule has 0 aliphatic heterocycles. The summed E-state index contributed by atoms with van der Waals surface area (Å²) < 4.78 is 45.2. The average Bonchev–Trinajstić information content (AvgIpc) is 2.85. The lowest BCUT2D eigenvalue weighted by atomic mass is 9.64. The van der Waals surface area contributed by atoms with Crippen molar-refractivity contribution in [3.63, 3.8) is 0 Å².